The summed E-state index contributed by atoms with van der Waals surface area (Å²) in [6, 6.07) is 8.30. The molecule has 8 heteroatoms. The minimum absolute atomic E-state index is 0.105. The molecule has 0 bridgehead atoms. The van der Waals surface area contributed by atoms with Gasteiger partial charge in [-0.2, -0.15) is 13.2 Å². The molecule has 0 aliphatic heterocycles. The van der Waals surface area contributed by atoms with Crippen molar-refractivity contribution < 1.29 is 32.2 Å². The third kappa shape index (κ3) is 5.73. The highest BCUT2D eigenvalue weighted by atomic mass is 19.4. The predicted octanol–water partition coefficient (Wildman–Crippen LogP) is 4.12. The van der Waals surface area contributed by atoms with Crippen LogP contribution in [0.3, 0.4) is 0 Å². The van der Waals surface area contributed by atoms with Gasteiger partial charge < -0.3 is 14.0 Å². The van der Waals surface area contributed by atoms with Crippen LogP contribution in [0.1, 0.15) is 27.3 Å². The predicted molar refractivity (Wildman–Crippen MR) is 97.3 cm³/mol. The summed E-state index contributed by atoms with van der Waals surface area (Å²) in [6.07, 6.45) is -1.71. The van der Waals surface area contributed by atoms with E-state index in [1.165, 1.54) is 32.1 Å². The molecule has 150 valence electrons. The number of hydrogen-bond donors (Lipinski definition) is 0. The first-order valence-electron chi connectivity index (χ1n) is 8.36. The number of aromatic nitrogens is 1. The average Bonchev–Trinajstić information content (AvgIpc) is 2.91. The fraction of sp³-hybridized carbons (Fsp3) is 0.300. The lowest BCUT2D eigenvalue weighted by Gasteiger charge is -2.12. The lowest BCUT2D eigenvalue weighted by atomic mass is 10.1. The lowest BCUT2D eigenvalue weighted by molar-refractivity contribution is -0.141. The van der Waals surface area contributed by atoms with Crippen LogP contribution in [0.25, 0.3) is 6.08 Å². The Balaban J connectivity index is 1.97. The Hall–Kier alpha value is -3.03. The van der Waals surface area contributed by atoms with E-state index in [-0.39, 0.29) is 11.3 Å². The van der Waals surface area contributed by atoms with Gasteiger partial charge in [0.1, 0.15) is 12.3 Å². The molecule has 1 aromatic carbocycles. The number of hydrogen-bond acceptors (Lipinski definition) is 4. The molecule has 0 atom stereocenters. The number of benzene rings is 1. The monoisotopic (exact) mass is 395 g/mol. The first kappa shape index (κ1) is 21.3. The molecular weight excluding hydrogens is 375 g/mol. The smallest absolute Gasteiger partial charge is 0.406 e. The molecule has 0 N–H and O–H groups in total. The van der Waals surface area contributed by atoms with Crippen LogP contribution in [0.15, 0.2) is 36.4 Å². The van der Waals surface area contributed by atoms with Crippen LogP contribution in [0.4, 0.5) is 13.2 Å². The summed E-state index contributed by atoms with van der Waals surface area (Å²) in [5.74, 6) is -0.616. The molecule has 0 saturated carbocycles. The van der Waals surface area contributed by atoms with Gasteiger partial charge in [-0.15, -0.1) is 0 Å². The van der Waals surface area contributed by atoms with Gasteiger partial charge in [-0.25, -0.2) is 4.79 Å². The molecular formula is C20H20F3NO4. The second-order valence-electron chi connectivity index (χ2n) is 6.12. The third-order valence-electron chi connectivity index (χ3n) is 4.08. The highest BCUT2D eigenvalue weighted by Gasteiger charge is 2.30. The number of aryl methyl sites for hydroxylation is 1. The summed E-state index contributed by atoms with van der Waals surface area (Å²) in [6.45, 7) is 1.18. The quantitative estimate of drug-likeness (QED) is 0.402. The number of methoxy groups -OCH3 is 1. The number of carbonyl (C=O) groups excluding carboxylic acids is 2. The molecule has 5 nitrogen and oxygen atoms in total. The zero-order valence-corrected chi connectivity index (χ0v) is 15.7. The molecule has 0 saturated heterocycles. The van der Waals surface area contributed by atoms with Crippen LogP contribution in [-0.2, 0) is 16.1 Å². The molecule has 2 aromatic rings. The van der Waals surface area contributed by atoms with E-state index in [4.69, 9.17) is 9.47 Å². The highest BCUT2D eigenvalue weighted by Crippen LogP contribution is 2.23. The maximum absolute atomic E-state index is 12.6. The molecule has 0 unspecified atom stereocenters. The second kappa shape index (κ2) is 8.77. The van der Waals surface area contributed by atoms with Gasteiger partial charge in [0.2, 0.25) is 5.78 Å². The van der Waals surface area contributed by atoms with Gasteiger partial charge in [0.15, 0.2) is 6.61 Å². The average molecular weight is 395 g/mol. The van der Waals surface area contributed by atoms with Gasteiger partial charge in [-0.3, -0.25) is 4.79 Å². The van der Waals surface area contributed by atoms with Gasteiger partial charge >= 0.3 is 12.1 Å². The molecule has 28 heavy (non-hydrogen) atoms. The van der Waals surface area contributed by atoms with Crippen molar-refractivity contribution in [2.24, 2.45) is 0 Å². The fourth-order valence-electron chi connectivity index (χ4n) is 2.65. The van der Waals surface area contributed by atoms with E-state index < -0.39 is 31.1 Å². The van der Waals surface area contributed by atoms with Crippen molar-refractivity contribution in [3.63, 3.8) is 0 Å². The largest absolute Gasteiger partial charge is 0.497 e. The summed E-state index contributed by atoms with van der Waals surface area (Å²) >= 11 is 0. The molecule has 0 amide bonds. The topological polar surface area (TPSA) is 57.5 Å². The van der Waals surface area contributed by atoms with Crippen molar-refractivity contribution in [2.45, 2.75) is 26.6 Å². The van der Waals surface area contributed by atoms with E-state index >= 15 is 0 Å². The first-order chi connectivity index (χ1) is 13.1. The van der Waals surface area contributed by atoms with Crippen LogP contribution < -0.4 is 4.74 Å². The van der Waals surface area contributed by atoms with Crippen molar-refractivity contribution in [1.82, 2.24) is 4.57 Å². The van der Waals surface area contributed by atoms with Crippen molar-refractivity contribution in [3.8, 4) is 5.75 Å². The molecule has 2 rings (SSSR count). The van der Waals surface area contributed by atoms with Crippen LogP contribution in [0.5, 0.6) is 5.75 Å². The Kier molecular flexibility index (Phi) is 6.66. The second-order valence-corrected chi connectivity index (χ2v) is 6.12. The van der Waals surface area contributed by atoms with E-state index in [0.29, 0.717) is 11.4 Å². The van der Waals surface area contributed by atoms with Crippen LogP contribution in [0, 0.1) is 13.8 Å². The van der Waals surface area contributed by atoms with Crippen molar-refractivity contribution >= 4 is 17.8 Å². The number of halogens is 3. The third-order valence-corrected chi connectivity index (χ3v) is 4.08. The first-order valence-corrected chi connectivity index (χ1v) is 8.36. The maximum atomic E-state index is 12.6. The zero-order valence-electron chi connectivity index (χ0n) is 15.7. The van der Waals surface area contributed by atoms with Gasteiger partial charge in [-0.1, -0.05) is 12.1 Å². The standard InChI is InChI=1S/C20H20F3NO4/c1-13-10-17(14(2)24(13)12-20(21,22)23)18(25)11-28-19(26)9-6-15-4-7-16(27-3)8-5-15/h4-10H,11-12H2,1-3H3. The SMILES string of the molecule is COc1ccc(C=CC(=O)OCC(=O)c2cc(C)n(CC(F)(F)F)c2C)cc1. The number of esters is 1. The van der Waals surface area contributed by atoms with E-state index in [1.807, 2.05) is 0 Å². The number of ketones is 1. The number of ether oxygens (including phenoxy) is 2. The molecule has 1 heterocycles. The van der Waals surface area contributed by atoms with Crippen molar-refractivity contribution in [2.75, 3.05) is 13.7 Å². The number of Topliss-reactive ketones (excluding diaryl/α,β-unsaturated/α-hetero) is 1. The Morgan fingerprint density at radius 3 is 2.36 bits per heavy atom. The normalized spacial score (nSPS) is 11.6. The summed E-state index contributed by atoms with van der Waals surface area (Å²) < 4.78 is 48.9. The number of nitrogens with zero attached hydrogens (tertiary/aromatic N) is 1. The Morgan fingerprint density at radius 2 is 1.79 bits per heavy atom. The van der Waals surface area contributed by atoms with E-state index in [9.17, 15) is 22.8 Å². The summed E-state index contributed by atoms with van der Waals surface area (Å²) in [5, 5.41) is 0. The zero-order chi connectivity index (χ0) is 20.9. The van der Waals surface area contributed by atoms with E-state index in [2.05, 4.69) is 0 Å². The Bertz CT molecular complexity index is 880. The van der Waals surface area contributed by atoms with Gasteiger partial charge in [0.05, 0.1) is 7.11 Å². The summed E-state index contributed by atoms with van der Waals surface area (Å²) in [5.41, 5.74) is 1.34. The summed E-state index contributed by atoms with van der Waals surface area (Å²) in [7, 11) is 1.54. The Labute approximate surface area is 160 Å². The van der Waals surface area contributed by atoms with Gasteiger partial charge in [0, 0.05) is 23.0 Å². The van der Waals surface area contributed by atoms with Gasteiger partial charge in [0.25, 0.3) is 0 Å². The maximum Gasteiger partial charge on any atom is 0.406 e. The highest BCUT2D eigenvalue weighted by molar-refractivity contribution is 6.00. The van der Waals surface area contributed by atoms with E-state index in [0.717, 1.165) is 10.1 Å². The number of rotatable bonds is 7. The molecule has 0 aliphatic carbocycles. The number of carbonyl (C=O) groups is 2. The van der Waals surface area contributed by atoms with E-state index in [1.54, 1.807) is 31.4 Å². The molecule has 0 aliphatic rings. The molecule has 0 fully saturated rings. The van der Waals surface area contributed by atoms with Crippen molar-refractivity contribution in [1.29, 1.82) is 0 Å². The summed E-state index contributed by atoms with van der Waals surface area (Å²) in [4.78, 5) is 24.0. The van der Waals surface area contributed by atoms with Crippen LogP contribution in [0.2, 0.25) is 0 Å². The Morgan fingerprint density at radius 1 is 1.14 bits per heavy atom. The van der Waals surface area contributed by atoms with Crippen LogP contribution >= 0.6 is 0 Å². The minimum atomic E-state index is -4.40. The minimum Gasteiger partial charge on any atom is -0.497 e. The molecule has 0 spiro atoms. The molecule has 0 radical (unpaired) electrons. The van der Waals surface area contributed by atoms with Crippen molar-refractivity contribution in [3.05, 3.63) is 58.9 Å². The fourth-order valence-corrected chi connectivity index (χ4v) is 2.65. The molecule has 1 aromatic heterocycles. The number of alkyl halides is 3. The lowest BCUT2D eigenvalue weighted by Crippen LogP contribution is -2.20. The van der Waals surface area contributed by atoms with Gasteiger partial charge in [-0.05, 0) is 43.7 Å². The van der Waals surface area contributed by atoms with Crippen LogP contribution in [-0.4, -0.2) is 36.2 Å².